The lowest BCUT2D eigenvalue weighted by molar-refractivity contribution is 0.0622. The molecule has 1 atom stereocenters. The van der Waals surface area contributed by atoms with Crippen molar-refractivity contribution in [3.05, 3.63) is 41.3 Å². The summed E-state index contributed by atoms with van der Waals surface area (Å²) >= 11 is 1.58. The maximum absolute atomic E-state index is 12.8. The van der Waals surface area contributed by atoms with E-state index in [1.54, 1.807) is 11.3 Å². The lowest BCUT2D eigenvalue weighted by atomic mass is 9.84. The number of hydrogen-bond acceptors (Lipinski definition) is 5. The van der Waals surface area contributed by atoms with Gasteiger partial charge < -0.3 is 19.9 Å². The molecule has 0 spiro atoms. The van der Waals surface area contributed by atoms with Crippen LogP contribution in [0.2, 0.25) is 0 Å². The number of thiophene rings is 1. The van der Waals surface area contributed by atoms with Crippen molar-refractivity contribution in [3.63, 3.8) is 0 Å². The Hall–Kier alpha value is -1.89. The first kappa shape index (κ1) is 18.2. The van der Waals surface area contributed by atoms with E-state index < -0.39 is 0 Å². The molecule has 0 saturated carbocycles. The monoisotopic (exact) mass is 397 g/mol. The van der Waals surface area contributed by atoms with Gasteiger partial charge in [0.2, 0.25) is 0 Å². The summed E-state index contributed by atoms with van der Waals surface area (Å²) in [6, 6.07) is 13.0. The number of amides is 1. The van der Waals surface area contributed by atoms with E-state index in [1.807, 2.05) is 6.07 Å². The molecular formula is C22H27N3O2S. The van der Waals surface area contributed by atoms with Gasteiger partial charge in [0.1, 0.15) is 0 Å². The van der Waals surface area contributed by atoms with Gasteiger partial charge in [-0.3, -0.25) is 4.79 Å². The van der Waals surface area contributed by atoms with Crippen LogP contribution in [0.25, 0.3) is 10.4 Å². The zero-order chi connectivity index (χ0) is 18.9. The molecule has 148 valence electrons. The third-order valence-corrected chi connectivity index (χ3v) is 7.46. The van der Waals surface area contributed by atoms with Crippen molar-refractivity contribution < 1.29 is 9.53 Å². The maximum Gasteiger partial charge on any atom is 0.261 e. The van der Waals surface area contributed by atoms with Crippen molar-refractivity contribution in [2.75, 3.05) is 50.8 Å². The van der Waals surface area contributed by atoms with E-state index >= 15 is 0 Å². The van der Waals surface area contributed by atoms with Gasteiger partial charge in [0.15, 0.2) is 0 Å². The van der Waals surface area contributed by atoms with Crippen molar-refractivity contribution in [2.45, 2.75) is 18.9 Å². The minimum absolute atomic E-state index is 0.0833. The number of carbonyl (C=O) groups excluding carboxylic acids is 1. The lowest BCUT2D eigenvalue weighted by Crippen LogP contribution is -2.57. The summed E-state index contributed by atoms with van der Waals surface area (Å²) in [5.74, 6) is 0.737. The summed E-state index contributed by atoms with van der Waals surface area (Å²) in [5, 5.41) is 3.29. The first-order valence-corrected chi connectivity index (χ1v) is 11.1. The van der Waals surface area contributed by atoms with E-state index in [9.17, 15) is 4.79 Å². The molecule has 4 aliphatic heterocycles. The Morgan fingerprint density at radius 1 is 1.00 bits per heavy atom. The number of anilines is 1. The molecule has 1 amide bonds. The molecule has 5 heterocycles. The molecule has 4 fully saturated rings. The number of piperidine rings is 3. The number of benzene rings is 1. The number of nitrogens with one attached hydrogen (secondary N) is 1. The van der Waals surface area contributed by atoms with E-state index in [4.69, 9.17) is 4.74 Å². The van der Waals surface area contributed by atoms with Crippen LogP contribution in [0, 0.1) is 5.92 Å². The van der Waals surface area contributed by atoms with E-state index in [0.717, 1.165) is 42.6 Å². The van der Waals surface area contributed by atoms with Crippen LogP contribution in [0.4, 0.5) is 5.69 Å². The molecule has 6 rings (SSSR count). The highest BCUT2D eigenvalue weighted by molar-refractivity contribution is 7.17. The van der Waals surface area contributed by atoms with Crippen LogP contribution >= 0.6 is 11.3 Å². The lowest BCUT2D eigenvalue weighted by Gasteiger charge is -2.44. The van der Waals surface area contributed by atoms with Gasteiger partial charge in [-0.1, -0.05) is 12.1 Å². The van der Waals surface area contributed by atoms with Gasteiger partial charge in [0, 0.05) is 36.2 Å². The SMILES string of the molecule is O=C(NC1CN2CCC1CC2)c1ccc(-c2ccc(N3CCOCC3)cc2)s1. The standard InChI is InChI=1S/C22H27N3O2S/c26-22(23-19-15-24-9-7-16(19)8-10-24)21-6-5-20(28-21)17-1-3-18(4-2-17)25-11-13-27-14-12-25/h1-6,16,19H,7-15H2,(H,23,26). The van der Waals surface area contributed by atoms with E-state index in [1.165, 1.54) is 37.2 Å². The van der Waals surface area contributed by atoms with Crippen LogP contribution in [0.5, 0.6) is 0 Å². The Morgan fingerprint density at radius 2 is 1.75 bits per heavy atom. The van der Waals surface area contributed by atoms with Gasteiger partial charge in [0.25, 0.3) is 5.91 Å². The molecule has 2 bridgehead atoms. The van der Waals surface area contributed by atoms with E-state index in [-0.39, 0.29) is 5.91 Å². The first-order valence-electron chi connectivity index (χ1n) is 10.3. The van der Waals surface area contributed by atoms with Gasteiger partial charge in [-0.05, 0) is 61.7 Å². The van der Waals surface area contributed by atoms with Crippen LogP contribution in [-0.4, -0.2) is 62.8 Å². The van der Waals surface area contributed by atoms with Gasteiger partial charge in [0.05, 0.1) is 18.1 Å². The Kier molecular flexibility index (Phi) is 5.09. The second-order valence-corrected chi connectivity index (χ2v) is 9.11. The molecule has 6 heteroatoms. The fourth-order valence-corrected chi connectivity index (χ4v) is 5.56. The summed E-state index contributed by atoms with van der Waals surface area (Å²) < 4.78 is 5.43. The highest BCUT2D eigenvalue weighted by Crippen LogP contribution is 2.31. The molecular weight excluding hydrogens is 370 g/mol. The number of fused-ring (bicyclic) bond motifs is 3. The number of hydrogen-bond donors (Lipinski definition) is 1. The Morgan fingerprint density at radius 3 is 2.43 bits per heavy atom. The average Bonchev–Trinajstić information content (AvgIpc) is 3.26. The van der Waals surface area contributed by atoms with Crippen LogP contribution in [0.3, 0.4) is 0 Å². The number of nitrogens with zero attached hydrogens (tertiary/aromatic N) is 2. The van der Waals surface area contributed by atoms with Gasteiger partial charge >= 0.3 is 0 Å². The third-order valence-electron chi connectivity index (χ3n) is 6.33. The smallest absolute Gasteiger partial charge is 0.261 e. The third kappa shape index (κ3) is 3.69. The molecule has 4 saturated heterocycles. The average molecular weight is 398 g/mol. The second-order valence-electron chi connectivity index (χ2n) is 8.03. The van der Waals surface area contributed by atoms with Crippen LogP contribution in [-0.2, 0) is 4.74 Å². The molecule has 1 aromatic heterocycles. The summed E-state index contributed by atoms with van der Waals surface area (Å²) in [4.78, 5) is 19.5. The largest absolute Gasteiger partial charge is 0.378 e. The molecule has 2 aromatic rings. The molecule has 1 unspecified atom stereocenters. The number of morpholine rings is 1. The summed E-state index contributed by atoms with van der Waals surface area (Å²) in [5.41, 5.74) is 2.41. The zero-order valence-electron chi connectivity index (χ0n) is 16.1. The maximum atomic E-state index is 12.8. The minimum Gasteiger partial charge on any atom is -0.378 e. The van der Waals surface area contributed by atoms with Crippen LogP contribution in [0.15, 0.2) is 36.4 Å². The van der Waals surface area contributed by atoms with Crippen molar-refractivity contribution in [3.8, 4) is 10.4 Å². The quantitative estimate of drug-likeness (QED) is 0.861. The Labute approximate surface area is 170 Å². The molecule has 28 heavy (non-hydrogen) atoms. The highest BCUT2D eigenvalue weighted by Gasteiger charge is 2.35. The summed E-state index contributed by atoms with van der Waals surface area (Å²) in [7, 11) is 0. The van der Waals surface area contributed by atoms with Crippen LogP contribution in [0.1, 0.15) is 22.5 Å². The molecule has 0 radical (unpaired) electrons. The first-order chi connectivity index (χ1) is 13.8. The predicted octanol–water partition coefficient (Wildman–Crippen LogP) is 3.08. The minimum atomic E-state index is 0.0833. The highest BCUT2D eigenvalue weighted by atomic mass is 32.1. The fraction of sp³-hybridized carbons (Fsp3) is 0.500. The predicted molar refractivity (Wildman–Crippen MR) is 113 cm³/mol. The molecule has 0 aliphatic carbocycles. The zero-order valence-corrected chi connectivity index (χ0v) is 16.9. The Bertz CT molecular complexity index is 821. The van der Waals surface area contributed by atoms with Crippen molar-refractivity contribution in [1.82, 2.24) is 10.2 Å². The fourth-order valence-electron chi connectivity index (χ4n) is 4.64. The van der Waals surface area contributed by atoms with E-state index in [0.29, 0.717) is 12.0 Å². The Balaban J connectivity index is 1.24. The summed E-state index contributed by atoms with van der Waals surface area (Å²) in [6.07, 6.45) is 2.44. The second kappa shape index (κ2) is 7.85. The number of carbonyl (C=O) groups is 1. The molecule has 5 nitrogen and oxygen atoms in total. The molecule has 1 N–H and O–H groups in total. The molecule has 4 aliphatic rings. The molecule has 1 aromatic carbocycles. The van der Waals surface area contributed by atoms with Gasteiger partial charge in [-0.15, -0.1) is 11.3 Å². The number of rotatable bonds is 4. The summed E-state index contributed by atoms with van der Waals surface area (Å²) in [6.45, 7) is 6.89. The van der Waals surface area contributed by atoms with Crippen molar-refractivity contribution >= 4 is 22.9 Å². The van der Waals surface area contributed by atoms with Gasteiger partial charge in [-0.25, -0.2) is 0 Å². The normalized spacial score (nSPS) is 27.0. The van der Waals surface area contributed by atoms with Crippen molar-refractivity contribution in [2.24, 2.45) is 5.92 Å². The number of ether oxygens (including phenoxy) is 1. The van der Waals surface area contributed by atoms with Gasteiger partial charge in [-0.2, -0.15) is 0 Å². The van der Waals surface area contributed by atoms with Crippen LogP contribution < -0.4 is 10.2 Å². The topological polar surface area (TPSA) is 44.8 Å². The van der Waals surface area contributed by atoms with E-state index in [2.05, 4.69) is 45.4 Å². The van der Waals surface area contributed by atoms with Crippen molar-refractivity contribution in [1.29, 1.82) is 0 Å².